The summed E-state index contributed by atoms with van der Waals surface area (Å²) in [6.07, 6.45) is 2.33. The molecule has 0 saturated carbocycles. The standard InChI is InChI=1S/C21H21F2N3O2/c1-15-12-25-20(26(15)13-16-2-4-17(22)5-3-16)10-11-24-21(27)14-28-19-8-6-18(23)7-9-19/h2-9,12H,10-11,13-14H2,1H3,(H,24,27). The Balaban J connectivity index is 1.48. The molecule has 28 heavy (non-hydrogen) atoms. The Labute approximate surface area is 162 Å². The number of ether oxygens (including phenoxy) is 1. The maximum atomic E-state index is 13.1. The zero-order valence-electron chi connectivity index (χ0n) is 15.5. The number of halogens is 2. The summed E-state index contributed by atoms with van der Waals surface area (Å²) in [5.74, 6) is 0.376. The lowest BCUT2D eigenvalue weighted by molar-refractivity contribution is -0.123. The third kappa shape index (κ3) is 5.39. The predicted octanol–water partition coefficient (Wildman–Crippen LogP) is 3.26. The number of nitrogens with zero attached hydrogens (tertiary/aromatic N) is 2. The van der Waals surface area contributed by atoms with Gasteiger partial charge in [-0.2, -0.15) is 0 Å². The van der Waals surface area contributed by atoms with Crippen LogP contribution in [-0.2, 0) is 17.8 Å². The summed E-state index contributed by atoms with van der Waals surface area (Å²) < 4.78 is 33.3. The molecule has 0 unspecified atom stereocenters. The van der Waals surface area contributed by atoms with E-state index >= 15 is 0 Å². The molecule has 1 heterocycles. The first-order valence-corrected chi connectivity index (χ1v) is 8.92. The largest absolute Gasteiger partial charge is 0.484 e. The first-order valence-electron chi connectivity index (χ1n) is 8.92. The monoisotopic (exact) mass is 385 g/mol. The van der Waals surface area contributed by atoms with Gasteiger partial charge < -0.3 is 14.6 Å². The molecule has 1 amide bonds. The normalized spacial score (nSPS) is 10.7. The van der Waals surface area contributed by atoms with Gasteiger partial charge in [0.1, 0.15) is 23.2 Å². The topological polar surface area (TPSA) is 56.1 Å². The summed E-state index contributed by atoms with van der Waals surface area (Å²) in [7, 11) is 0. The Morgan fingerprint density at radius 1 is 1.07 bits per heavy atom. The SMILES string of the molecule is Cc1cnc(CCNC(=O)COc2ccc(F)cc2)n1Cc1ccc(F)cc1. The van der Waals surface area contributed by atoms with Gasteiger partial charge in [0.25, 0.3) is 5.91 Å². The molecular weight excluding hydrogens is 364 g/mol. The molecule has 3 rings (SSSR count). The third-order valence-corrected chi connectivity index (χ3v) is 4.25. The van der Waals surface area contributed by atoms with Crippen LogP contribution >= 0.6 is 0 Å². The molecule has 0 fully saturated rings. The highest BCUT2D eigenvalue weighted by molar-refractivity contribution is 5.77. The van der Waals surface area contributed by atoms with E-state index in [0.717, 1.165) is 17.1 Å². The molecular formula is C21H21F2N3O2. The van der Waals surface area contributed by atoms with Gasteiger partial charge in [-0.25, -0.2) is 13.8 Å². The Bertz CT molecular complexity index is 922. The Hall–Kier alpha value is -3.22. The molecule has 0 aliphatic heterocycles. The maximum absolute atomic E-state index is 13.1. The van der Waals surface area contributed by atoms with E-state index < -0.39 is 0 Å². The molecule has 5 nitrogen and oxygen atoms in total. The van der Waals surface area contributed by atoms with E-state index in [1.807, 2.05) is 11.5 Å². The minimum atomic E-state index is -0.358. The molecule has 7 heteroatoms. The quantitative estimate of drug-likeness (QED) is 0.648. The Morgan fingerprint density at radius 2 is 1.71 bits per heavy atom. The van der Waals surface area contributed by atoms with E-state index in [4.69, 9.17) is 4.74 Å². The molecule has 3 aromatic rings. The van der Waals surface area contributed by atoms with Crippen molar-refractivity contribution in [2.24, 2.45) is 0 Å². The van der Waals surface area contributed by atoms with Crippen molar-refractivity contribution in [3.63, 3.8) is 0 Å². The summed E-state index contributed by atoms with van der Waals surface area (Å²) in [4.78, 5) is 16.3. The Morgan fingerprint density at radius 3 is 2.39 bits per heavy atom. The number of amides is 1. The van der Waals surface area contributed by atoms with Crippen molar-refractivity contribution in [3.8, 4) is 5.75 Å². The van der Waals surface area contributed by atoms with Crippen LogP contribution in [0.1, 0.15) is 17.1 Å². The van der Waals surface area contributed by atoms with Gasteiger partial charge in [0.2, 0.25) is 0 Å². The van der Waals surface area contributed by atoms with Crippen LogP contribution in [-0.4, -0.2) is 28.6 Å². The zero-order chi connectivity index (χ0) is 19.9. The molecule has 0 saturated heterocycles. The number of hydrogen-bond acceptors (Lipinski definition) is 3. The smallest absolute Gasteiger partial charge is 0.257 e. The lowest BCUT2D eigenvalue weighted by atomic mass is 10.2. The third-order valence-electron chi connectivity index (χ3n) is 4.25. The van der Waals surface area contributed by atoms with Gasteiger partial charge in [0, 0.05) is 31.4 Å². The van der Waals surface area contributed by atoms with Crippen molar-refractivity contribution in [3.05, 3.63) is 83.4 Å². The van der Waals surface area contributed by atoms with Gasteiger partial charge in [0.05, 0.1) is 0 Å². The highest BCUT2D eigenvalue weighted by Gasteiger charge is 2.09. The molecule has 0 atom stereocenters. The average Bonchev–Trinajstić information content (AvgIpc) is 3.03. The number of rotatable bonds is 8. The molecule has 0 bridgehead atoms. The van der Waals surface area contributed by atoms with Crippen molar-refractivity contribution in [2.45, 2.75) is 19.9 Å². The van der Waals surface area contributed by atoms with Crippen molar-refractivity contribution in [2.75, 3.05) is 13.2 Å². The maximum Gasteiger partial charge on any atom is 0.257 e. The van der Waals surface area contributed by atoms with E-state index in [9.17, 15) is 13.6 Å². The van der Waals surface area contributed by atoms with Gasteiger partial charge in [0.15, 0.2) is 6.61 Å². The van der Waals surface area contributed by atoms with Gasteiger partial charge in [-0.15, -0.1) is 0 Å². The fraction of sp³-hybridized carbons (Fsp3) is 0.238. The van der Waals surface area contributed by atoms with Gasteiger partial charge in [-0.1, -0.05) is 12.1 Å². The molecule has 1 aromatic heterocycles. The second-order valence-electron chi connectivity index (χ2n) is 6.37. The van der Waals surface area contributed by atoms with E-state index in [0.29, 0.717) is 25.3 Å². The lowest BCUT2D eigenvalue weighted by Crippen LogP contribution is -2.31. The number of aryl methyl sites for hydroxylation is 1. The van der Waals surface area contributed by atoms with Gasteiger partial charge in [-0.3, -0.25) is 4.79 Å². The number of imidazole rings is 1. The number of carbonyl (C=O) groups excluding carboxylic acids is 1. The van der Waals surface area contributed by atoms with Crippen LogP contribution in [0.15, 0.2) is 54.7 Å². The number of hydrogen-bond donors (Lipinski definition) is 1. The minimum Gasteiger partial charge on any atom is -0.484 e. The van der Waals surface area contributed by atoms with Crippen LogP contribution in [0.5, 0.6) is 5.75 Å². The summed E-state index contributed by atoms with van der Waals surface area (Å²) in [6.45, 7) is 2.80. The molecule has 1 N–H and O–H groups in total. The molecule has 0 spiro atoms. The summed E-state index contributed by atoms with van der Waals surface area (Å²) in [5.41, 5.74) is 1.96. The van der Waals surface area contributed by atoms with Crippen LogP contribution in [0.25, 0.3) is 0 Å². The van der Waals surface area contributed by atoms with Crippen molar-refractivity contribution < 1.29 is 18.3 Å². The second-order valence-corrected chi connectivity index (χ2v) is 6.37. The van der Waals surface area contributed by atoms with Crippen LogP contribution in [0, 0.1) is 18.6 Å². The van der Waals surface area contributed by atoms with E-state index in [1.165, 1.54) is 36.4 Å². The zero-order valence-corrected chi connectivity index (χ0v) is 15.5. The van der Waals surface area contributed by atoms with Gasteiger partial charge in [-0.05, 0) is 48.9 Å². The predicted molar refractivity (Wildman–Crippen MR) is 101 cm³/mol. The molecule has 0 radical (unpaired) electrons. The molecule has 0 aliphatic rings. The molecule has 2 aromatic carbocycles. The van der Waals surface area contributed by atoms with Gasteiger partial charge >= 0.3 is 0 Å². The first-order chi connectivity index (χ1) is 13.5. The lowest BCUT2D eigenvalue weighted by Gasteiger charge is -2.11. The van der Waals surface area contributed by atoms with Crippen LogP contribution < -0.4 is 10.1 Å². The fourth-order valence-electron chi connectivity index (χ4n) is 2.74. The highest BCUT2D eigenvalue weighted by Crippen LogP contribution is 2.12. The van der Waals surface area contributed by atoms with Crippen LogP contribution in [0.3, 0.4) is 0 Å². The van der Waals surface area contributed by atoms with E-state index in [1.54, 1.807) is 18.3 Å². The van der Waals surface area contributed by atoms with Crippen molar-refractivity contribution >= 4 is 5.91 Å². The fourth-order valence-corrected chi connectivity index (χ4v) is 2.74. The highest BCUT2D eigenvalue weighted by atomic mass is 19.1. The number of nitrogens with one attached hydrogen (secondary N) is 1. The average molecular weight is 385 g/mol. The minimum absolute atomic E-state index is 0.144. The Kier molecular flexibility index (Phi) is 6.37. The molecule has 146 valence electrons. The molecule has 0 aliphatic carbocycles. The van der Waals surface area contributed by atoms with E-state index in [2.05, 4.69) is 10.3 Å². The second kappa shape index (κ2) is 9.12. The van der Waals surface area contributed by atoms with Crippen LogP contribution in [0.4, 0.5) is 8.78 Å². The first kappa shape index (κ1) is 19.5. The van der Waals surface area contributed by atoms with Crippen molar-refractivity contribution in [1.29, 1.82) is 0 Å². The summed E-state index contributed by atoms with van der Waals surface area (Å²) >= 11 is 0. The summed E-state index contributed by atoms with van der Waals surface area (Å²) in [5, 5.41) is 2.78. The van der Waals surface area contributed by atoms with Crippen LogP contribution in [0.2, 0.25) is 0 Å². The number of aromatic nitrogens is 2. The van der Waals surface area contributed by atoms with Crippen molar-refractivity contribution in [1.82, 2.24) is 14.9 Å². The number of benzene rings is 2. The number of carbonyl (C=O) groups is 1. The van der Waals surface area contributed by atoms with E-state index in [-0.39, 0.29) is 24.1 Å². The summed E-state index contributed by atoms with van der Waals surface area (Å²) in [6, 6.07) is 11.8.